The zero-order valence-electron chi connectivity index (χ0n) is 17.7. The molecule has 1 aliphatic heterocycles. The van der Waals surface area contributed by atoms with Crippen LogP contribution < -0.4 is 14.5 Å². The molecule has 1 fully saturated rings. The van der Waals surface area contributed by atoms with E-state index in [1.807, 2.05) is 24.4 Å². The Labute approximate surface area is 184 Å². The number of anilines is 2. The van der Waals surface area contributed by atoms with Crippen LogP contribution in [0.1, 0.15) is 0 Å². The van der Waals surface area contributed by atoms with Gasteiger partial charge in [0, 0.05) is 44.1 Å². The number of fused-ring (bicyclic) bond motifs is 2. The predicted octanol–water partition coefficient (Wildman–Crippen LogP) is 3.87. The first-order valence-corrected chi connectivity index (χ1v) is 10.6. The van der Waals surface area contributed by atoms with Gasteiger partial charge in [0.2, 0.25) is 5.88 Å². The monoisotopic (exact) mass is 426 g/mol. The molecular weight excluding hydrogens is 404 g/mol. The second-order valence-electron chi connectivity index (χ2n) is 7.76. The number of methoxy groups -OCH3 is 1. The minimum atomic E-state index is 0.520. The molecule has 4 aromatic heterocycles. The van der Waals surface area contributed by atoms with Gasteiger partial charge in [-0.1, -0.05) is 18.2 Å². The van der Waals surface area contributed by atoms with E-state index in [4.69, 9.17) is 14.1 Å². The first-order valence-electron chi connectivity index (χ1n) is 10.6. The number of pyridine rings is 1. The highest BCUT2D eigenvalue weighted by molar-refractivity contribution is 5.92. The van der Waals surface area contributed by atoms with E-state index < -0.39 is 0 Å². The maximum absolute atomic E-state index is 6.20. The Balaban J connectivity index is 1.32. The lowest BCUT2D eigenvalue weighted by Crippen LogP contribution is -2.46. The Morgan fingerprint density at radius 3 is 2.53 bits per heavy atom. The van der Waals surface area contributed by atoms with Crippen molar-refractivity contribution in [3.8, 4) is 17.3 Å². The average Bonchev–Trinajstić information content (AvgIpc) is 3.48. The molecule has 0 atom stereocenters. The lowest BCUT2D eigenvalue weighted by Gasteiger charge is -2.36. The number of hydrogen-bond donors (Lipinski definition) is 0. The summed E-state index contributed by atoms with van der Waals surface area (Å²) in [6, 6.07) is 18.1. The molecule has 6 rings (SSSR count). The second-order valence-corrected chi connectivity index (χ2v) is 7.76. The highest BCUT2D eigenvalue weighted by atomic mass is 16.5. The van der Waals surface area contributed by atoms with Gasteiger partial charge in [0.1, 0.15) is 17.1 Å². The van der Waals surface area contributed by atoms with Gasteiger partial charge in [0.05, 0.1) is 18.7 Å². The molecular formula is C24H22N6O2. The third kappa shape index (κ3) is 3.11. The Hall–Kier alpha value is -4.07. The van der Waals surface area contributed by atoms with Crippen molar-refractivity contribution in [2.45, 2.75) is 0 Å². The van der Waals surface area contributed by atoms with Crippen LogP contribution in [0, 0.1) is 0 Å². The topological polar surface area (TPSA) is 71.9 Å². The van der Waals surface area contributed by atoms with Gasteiger partial charge < -0.3 is 19.0 Å². The number of hydrogen-bond acceptors (Lipinski definition) is 7. The van der Waals surface area contributed by atoms with Crippen molar-refractivity contribution in [1.82, 2.24) is 19.6 Å². The molecule has 1 aliphatic rings. The number of furan rings is 1. The molecule has 0 aliphatic carbocycles. The van der Waals surface area contributed by atoms with E-state index in [0.29, 0.717) is 11.6 Å². The number of piperazine rings is 1. The molecule has 1 saturated heterocycles. The third-order valence-electron chi connectivity index (χ3n) is 5.92. The molecule has 8 heteroatoms. The van der Waals surface area contributed by atoms with Crippen molar-refractivity contribution in [1.29, 1.82) is 0 Å². The summed E-state index contributed by atoms with van der Waals surface area (Å²) >= 11 is 0. The van der Waals surface area contributed by atoms with Crippen LogP contribution >= 0.6 is 0 Å². The second kappa shape index (κ2) is 7.56. The first kappa shape index (κ1) is 18.7. The fourth-order valence-corrected chi connectivity index (χ4v) is 4.28. The molecule has 32 heavy (non-hydrogen) atoms. The van der Waals surface area contributed by atoms with Gasteiger partial charge in [-0.2, -0.15) is 0 Å². The van der Waals surface area contributed by atoms with E-state index in [0.717, 1.165) is 54.3 Å². The lowest BCUT2D eigenvalue weighted by atomic mass is 10.2. The van der Waals surface area contributed by atoms with Crippen molar-refractivity contribution in [3.05, 3.63) is 67.0 Å². The van der Waals surface area contributed by atoms with Crippen molar-refractivity contribution in [2.24, 2.45) is 0 Å². The molecule has 8 nitrogen and oxygen atoms in total. The highest BCUT2D eigenvalue weighted by Gasteiger charge is 2.22. The van der Waals surface area contributed by atoms with Gasteiger partial charge >= 0.3 is 0 Å². The predicted molar refractivity (Wildman–Crippen MR) is 123 cm³/mol. The lowest BCUT2D eigenvalue weighted by molar-refractivity contribution is 0.390. The van der Waals surface area contributed by atoms with Gasteiger partial charge in [-0.25, -0.2) is 14.5 Å². The van der Waals surface area contributed by atoms with Gasteiger partial charge in [-0.15, -0.1) is 5.10 Å². The molecule has 0 spiro atoms. The summed E-state index contributed by atoms with van der Waals surface area (Å²) in [5.41, 5.74) is 3.57. The number of para-hydroxylation sites is 1. The summed E-state index contributed by atoms with van der Waals surface area (Å²) in [6.07, 6.45) is 3.58. The number of aromatic nitrogens is 4. The van der Waals surface area contributed by atoms with E-state index in [1.54, 1.807) is 23.9 Å². The summed E-state index contributed by atoms with van der Waals surface area (Å²) in [5, 5.41) is 5.48. The quantitative estimate of drug-likeness (QED) is 0.432. The number of rotatable bonds is 4. The first-order chi connectivity index (χ1) is 15.8. The van der Waals surface area contributed by atoms with Crippen LogP contribution in [0.15, 0.2) is 71.4 Å². The van der Waals surface area contributed by atoms with Crippen LogP contribution in [0.4, 0.5) is 11.5 Å². The van der Waals surface area contributed by atoms with Crippen molar-refractivity contribution in [2.75, 3.05) is 43.1 Å². The van der Waals surface area contributed by atoms with E-state index in [2.05, 4.69) is 50.2 Å². The highest BCUT2D eigenvalue weighted by Crippen LogP contribution is 2.33. The van der Waals surface area contributed by atoms with Crippen LogP contribution in [0.5, 0.6) is 5.88 Å². The third-order valence-corrected chi connectivity index (χ3v) is 5.92. The summed E-state index contributed by atoms with van der Waals surface area (Å²) in [5.74, 6) is 2.17. The van der Waals surface area contributed by atoms with Crippen molar-refractivity contribution >= 4 is 28.1 Å². The summed E-state index contributed by atoms with van der Waals surface area (Å²) < 4.78 is 13.2. The van der Waals surface area contributed by atoms with E-state index >= 15 is 0 Å². The fourth-order valence-electron chi connectivity index (χ4n) is 4.28. The number of nitrogens with zero attached hydrogens (tertiary/aromatic N) is 6. The molecule has 160 valence electrons. The Morgan fingerprint density at radius 2 is 1.72 bits per heavy atom. The maximum atomic E-state index is 6.20. The SMILES string of the molecule is COc1ccc2ncc(-c3cc4c(N5CCN(c6ccccc6)CC5)nccc4o3)n2n1. The van der Waals surface area contributed by atoms with Gasteiger partial charge in [-0.3, -0.25) is 0 Å². The Bertz CT molecular complexity index is 1390. The summed E-state index contributed by atoms with van der Waals surface area (Å²) in [6.45, 7) is 3.69. The Kier molecular flexibility index (Phi) is 4.41. The molecule has 5 aromatic rings. The molecule has 0 unspecified atom stereocenters. The van der Waals surface area contributed by atoms with Gasteiger partial charge in [-0.05, 0) is 30.3 Å². The van der Waals surface area contributed by atoms with Gasteiger partial charge in [0.15, 0.2) is 11.4 Å². The van der Waals surface area contributed by atoms with Crippen molar-refractivity contribution in [3.63, 3.8) is 0 Å². The van der Waals surface area contributed by atoms with Crippen LogP contribution in [0.3, 0.4) is 0 Å². The van der Waals surface area contributed by atoms with Crippen LogP contribution in [-0.4, -0.2) is 52.9 Å². The summed E-state index contributed by atoms with van der Waals surface area (Å²) in [4.78, 5) is 13.9. The zero-order chi connectivity index (χ0) is 21.5. The smallest absolute Gasteiger partial charge is 0.231 e. The number of ether oxygens (including phenoxy) is 1. The minimum absolute atomic E-state index is 0.520. The molecule has 0 amide bonds. The molecule has 0 bridgehead atoms. The number of imidazole rings is 1. The number of benzene rings is 1. The van der Waals surface area contributed by atoms with Gasteiger partial charge in [0.25, 0.3) is 0 Å². The largest absolute Gasteiger partial charge is 0.480 e. The van der Waals surface area contributed by atoms with Crippen LogP contribution in [0.2, 0.25) is 0 Å². The van der Waals surface area contributed by atoms with Crippen LogP contribution in [0.25, 0.3) is 28.1 Å². The molecule has 0 radical (unpaired) electrons. The van der Waals surface area contributed by atoms with Crippen LogP contribution in [-0.2, 0) is 0 Å². The van der Waals surface area contributed by atoms with E-state index in [9.17, 15) is 0 Å². The fraction of sp³-hybridized carbons (Fsp3) is 0.208. The minimum Gasteiger partial charge on any atom is -0.480 e. The normalized spacial score (nSPS) is 14.4. The standard InChI is InChI=1S/C24H22N6O2/c1-31-23-8-7-22-26-16-19(30(22)27-23)21-15-18-20(32-21)9-10-25-24(18)29-13-11-28(12-14-29)17-5-3-2-4-6-17/h2-10,15-16H,11-14H2,1H3. The maximum Gasteiger partial charge on any atom is 0.231 e. The van der Waals surface area contributed by atoms with E-state index in [1.165, 1.54) is 5.69 Å². The zero-order valence-corrected chi connectivity index (χ0v) is 17.7. The van der Waals surface area contributed by atoms with E-state index in [-0.39, 0.29) is 0 Å². The van der Waals surface area contributed by atoms with Crippen molar-refractivity contribution < 1.29 is 9.15 Å². The molecule has 1 aromatic carbocycles. The molecule has 0 N–H and O–H groups in total. The summed E-state index contributed by atoms with van der Waals surface area (Å²) in [7, 11) is 1.60. The molecule has 5 heterocycles. The average molecular weight is 426 g/mol. The Morgan fingerprint density at radius 1 is 0.906 bits per heavy atom. The molecule has 0 saturated carbocycles.